The van der Waals surface area contributed by atoms with Gasteiger partial charge in [-0.15, -0.1) is 0 Å². The van der Waals surface area contributed by atoms with Crippen molar-refractivity contribution in [1.29, 1.82) is 0 Å². The molecule has 0 aliphatic carbocycles. The topological polar surface area (TPSA) is 99.1 Å². The maximum Gasteiger partial charge on any atom is 0.362 e. The standard InChI is InChI=1S/C56H97NO7/c1-6-8-10-12-14-16-18-20-22-24-26-27-28-29-31-32-34-36-38-40-42-44-46-54(58)63-51-52(50-62-49-48-53(56(60)61)57(3,4)5)64-55(59)47-45-43-41-39-37-35-33-30-25-23-21-19-17-15-13-11-9-7-2/h14,16,19-23,25-27,30,33,52-53H,6-13,15,17-18,24,28-29,31-32,34-51H2,1-5H3/p+1/b16-14+,21-19+,22-20+,25-23+,27-26+,33-30+. The summed E-state index contributed by atoms with van der Waals surface area (Å²) in [5.74, 6) is -1.50. The summed E-state index contributed by atoms with van der Waals surface area (Å²) in [6.45, 7) is 4.67. The average Bonchev–Trinajstić information content (AvgIpc) is 3.26. The molecule has 2 unspecified atom stereocenters. The highest BCUT2D eigenvalue weighted by molar-refractivity contribution is 5.72. The van der Waals surface area contributed by atoms with Gasteiger partial charge in [-0.25, -0.2) is 4.79 Å². The van der Waals surface area contributed by atoms with Gasteiger partial charge in [0.2, 0.25) is 0 Å². The molecule has 0 saturated carbocycles. The number of hydrogen-bond acceptors (Lipinski definition) is 6. The average molecular weight is 897 g/mol. The number of rotatable bonds is 46. The number of likely N-dealkylation sites (N-methyl/N-ethyl adjacent to an activating group) is 1. The molecule has 0 aromatic rings. The van der Waals surface area contributed by atoms with E-state index in [9.17, 15) is 19.5 Å². The molecule has 0 aromatic heterocycles. The van der Waals surface area contributed by atoms with Crippen LogP contribution in [-0.4, -0.2) is 80.6 Å². The number of carboxylic acid groups (broad SMARTS) is 1. The molecule has 1 N–H and O–H groups in total. The molecule has 0 aromatic carbocycles. The lowest BCUT2D eigenvalue weighted by atomic mass is 10.1. The van der Waals surface area contributed by atoms with Crippen molar-refractivity contribution >= 4 is 17.9 Å². The van der Waals surface area contributed by atoms with Gasteiger partial charge >= 0.3 is 17.9 Å². The Labute approximate surface area is 393 Å². The van der Waals surface area contributed by atoms with Crippen LogP contribution < -0.4 is 0 Å². The Morgan fingerprint density at radius 3 is 1.38 bits per heavy atom. The van der Waals surface area contributed by atoms with Crippen LogP contribution in [0.2, 0.25) is 0 Å². The van der Waals surface area contributed by atoms with Crippen molar-refractivity contribution in [2.45, 2.75) is 225 Å². The predicted molar refractivity (Wildman–Crippen MR) is 270 cm³/mol. The van der Waals surface area contributed by atoms with E-state index in [4.69, 9.17) is 14.2 Å². The minimum Gasteiger partial charge on any atom is -0.477 e. The van der Waals surface area contributed by atoms with Crippen molar-refractivity contribution in [3.05, 3.63) is 72.9 Å². The van der Waals surface area contributed by atoms with Gasteiger partial charge in [-0.05, 0) is 77.0 Å². The lowest BCUT2D eigenvalue weighted by Gasteiger charge is -2.31. The highest BCUT2D eigenvalue weighted by Crippen LogP contribution is 2.14. The minimum absolute atomic E-state index is 0.0481. The molecule has 0 rings (SSSR count). The molecule has 0 aliphatic rings. The van der Waals surface area contributed by atoms with Crippen molar-refractivity contribution in [2.75, 3.05) is 41.0 Å². The third-order valence-corrected chi connectivity index (χ3v) is 11.4. The van der Waals surface area contributed by atoms with E-state index in [0.717, 1.165) is 83.5 Å². The first-order chi connectivity index (χ1) is 31.1. The number of aliphatic carboxylic acids is 1. The summed E-state index contributed by atoms with van der Waals surface area (Å²) in [7, 11) is 5.52. The van der Waals surface area contributed by atoms with Crippen LogP contribution in [0.5, 0.6) is 0 Å². The molecular weight excluding hydrogens is 799 g/mol. The molecule has 8 nitrogen and oxygen atoms in total. The van der Waals surface area contributed by atoms with Gasteiger partial charge in [-0.2, -0.15) is 0 Å². The van der Waals surface area contributed by atoms with E-state index in [0.29, 0.717) is 19.3 Å². The zero-order valence-corrected chi connectivity index (χ0v) is 42.0. The number of esters is 2. The molecule has 0 spiro atoms. The van der Waals surface area contributed by atoms with Gasteiger partial charge in [0.05, 0.1) is 34.4 Å². The highest BCUT2D eigenvalue weighted by atomic mass is 16.6. The van der Waals surface area contributed by atoms with Crippen LogP contribution in [0.25, 0.3) is 0 Å². The number of carbonyl (C=O) groups excluding carboxylic acids is 2. The van der Waals surface area contributed by atoms with Crippen LogP contribution in [0, 0.1) is 0 Å². The lowest BCUT2D eigenvalue weighted by molar-refractivity contribution is -0.887. The number of carboxylic acids is 1. The molecular formula is C56H98NO7+. The second kappa shape index (κ2) is 46.3. The van der Waals surface area contributed by atoms with Crippen molar-refractivity contribution in [3.63, 3.8) is 0 Å². The van der Waals surface area contributed by atoms with E-state index >= 15 is 0 Å². The second-order valence-electron chi connectivity index (χ2n) is 18.5. The van der Waals surface area contributed by atoms with Gasteiger partial charge in [0.25, 0.3) is 0 Å². The van der Waals surface area contributed by atoms with Gasteiger partial charge < -0.3 is 23.8 Å². The lowest BCUT2D eigenvalue weighted by Crippen LogP contribution is -2.50. The Morgan fingerprint density at radius 2 is 0.891 bits per heavy atom. The first-order valence-electron chi connectivity index (χ1n) is 26.0. The Hall–Kier alpha value is -3.23. The van der Waals surface area contributed by atoms with Crippen LogP contribution in [0.4, 0.5) is 0 Å². The van der Waals surface area contributed by atoms with Crippen molar-refractivity contribution < 1.29 is 38.2 Å². The monoisotopic (exact) mass is 897 g/mol. The maximum absolute atomic E-state index is 12.8. The van der Waals surface area contributed by atoms with Crippen molar-refractivity contribution in [3.8, 4) is 0 Å². The zero-order valence-electron chi connectivity index (χ0n) is 42.0. The molecule has 368 valence electrons. The Kier molecular flexibility index (Phi) is 44.0. The summed E-state index contributed by atoms with van der Waals surface area (Å²) in [6.07, 6.45) is 59.4. The molecule has 0 saturated heterocycles. The van der Waals surface area contributed by atoms with Crippen LogP contribution in [0.15, 0.2) is 72.9 Å². The van der Waals surface area contributed by atoms with Crippen LogP contribution >= 0.6 is 0 Å². The van der Waals surface area contributed by atoms with Crippen LogP contribution in [-0.2, 0) is 28.6 Å². The van der Waals surface area contributed by atoms with E-state index in [1.165, 1.54) is 96.3 Å². The third-order valence-electron chi connectivity index (χ3n) is 11.4. The third kappa shape index (κ3) is 44.0. The molecule has 0 amide bonds. The van der Waals surface area contributed by atoms with E-state index < -0.39 is 18.1 Å². The van der Waals surface area contributed by atoms with Crippen LogP contribution in [0.3, 0.4) is 0 Å². The smallest absolute Gasteiger partial charge is 0.362 e. The molecule has 0 bridgehead atoms. The van der Waals surface area contributed by atoms with Gasteiger partial charge in [-0.1, -0.05) is 189 Å². The summed E-state index contributed by atoms with van der Waals surface area (Å²) in [5, 5.41) is 9.66. The number of allylic oxidation sites excluding steroid dienone is 12. The molecule has 0 heterocycles. The van der Waals surface area contributed by atoms with Crippen molar-refractivity contribution in [2.24, 2.45) is 0 Å². The van der Waals surface area contributed by atoms with Crippen molar-refractivity contribution in [1.82, 2.24) is 0 Å². The fourth-order valence-electron chi connectivity index (χ4n) is 7.34. The fourth-order valence-corrected chi connectivity index (χ4v) is 7.34. The predicted octanol–water partition coefficient (Wildman–Crippen LogP) is 15.1. The number of hydrogen-bond donors (Lipinski definition) is 1. The molecule has 0 radical (unpaired) electrons. The Bertz CT molecular complexity index is 1270. The van der Waals surface area contributed by atoms with Gasteiger partial charge in [-0.3, -0.25) is 9.59 Å². The molecule has 2 atom stereocenters. The summed E-state index contributed by atoms with van der Waals surface area (Å²) in [5.41, 5.74) is 0. The van der Waals surface area contributed by atoms with Gasteiger partial charge in [0, 0.05) is 19.3 Å². The first kappa shape index (κ1) is 60.8. The summed E-state index contributed by atoms with van der Waals surface area (Å²) >= 11 is 0. The summed E-state index contributed by atoms with van der Waals surface area (Å²) in [6, 6.07) is -0.623. The number of ether oxygens (including phenoxy) is 3. The molecule has 8 heteroatoms. The van der Waals surface area contributed by atoms with E-state index in [1.807, 2.05) is 21.1 Å². The first-order valence-corrected chi connectivity index (χ1v) is 26.0. The molecule has 0 fully saturated rings. The number of unbranched alkanes of at least 4 members (excludes halogenated alkanes) is 22. The summed E-state index contributed by atoms with van der Waals surface area (Å²) < 4.78 is 17.3. The zero-order chi connectivity index (χ0) is 47.0. The highest BCUT2D eigenvalue weighted by Gasteiger charge is 2.31. The number of nitrogens with zero attached hydrogens (tertiary/aromatic N) is 1. The largest absolute Gasteiger partial charge is 0.477 e. The molecule has 64 heavy (non-hydrogen) atoms. The Balaban J connectivity index is 4.29. The minimum atomic E-state index is -0.881. The number of carbonyl (C=O) groups is 3. The molecule has 0 aliphatic heterocycles. The Morgan fingerprint density at radius 1 is 0.484 bits per heavy atom. The number of quaternary nitrogens is 1. The quantitative estimate of drug-likeness (QED) is 0.0214. The van der Waals surface area contributed by atoms with E-state index in [1.54, 1.807) is 0 Å². The van der Waals surface area contributed by atoms with Gasteiger partial charge in [0.15, 0.2) is 12.1 Å². The second-order valence-corrected chi connectivity index (χ2v) is 18.5. The fraction of sp³-hybridized carbons (Fsp3) is 0.732. The SMILES string of the molecule is CCCCC/C=C/C/C=C/C/C=C/CCCCCCCCCCCC(=O)OCC(COCCC(C(=O)O)[N+](C)(C)C)OC(=O)CCCCCCC/C=C/C=C/C=C/CCCCCCC. The van der Waals surface area contributed by atoms with Gasteiger partial charge in [0.1, 0.15) is 6.61 Å². The van der Waals surface area contributed by atoms with E-state index in [2.05, 4.69) is 86.8 Å². The maximum atomic E-state index is 12.8. The normalized spacial score (nSPS) is 13.5. The van der Waals surface area contributed by atoms with Crippen LogP contribution in [0.1, 0.15) is 213 Å². The summed E-state index contributed by atoms with van der Waals surface area (Å²) in [4.78, 5) is 37.2. The van der Waals surface area contributed by atoms with E-state index in [-0.39, 0.29) is 36.2 Å².